The molecule has 16 heavy (non-hydrogen) atoms. The van der Waals surface area contributed by atoms with Gasteiger partial charge in [-0.15, -0.1) is 0 Å². The van der Waals surface area contributed by atoms with Crippen molar-refractivity contribution >= 4 is 21.9 Å². The average molecular weight is 284 g/mol. The van der Waals surface area contributed by atoms with Crippen LogP contribution in [-0.2, 0) is 18.4 Å². The number of hydrogen-bond donors (Lipinski definition) is 7. The maximum atomic E-state index is 9.95. The third-order valence-corrected chi connectivity index (χ3v) is 1.17. The summed E-state index contributed by atoms with van der Waals surface area (Å²) in [5, 5.41) is 16.9. The summed E-state index contributed by atoms with van der Waals surface area (Å²) >= 11 is 0. The molecule has 0 rings (SSSR count). The molecule has 0 aromatic carbocycles. The molecule has 0 saturated heterocycles. The Hall–Kier alpha value is -0.190. The number of aldehydes is 1. The summed E-state index contributed by atoms with van der Waals surface area (Å²) in [5.74, 6) is 0. The second kappa shape index (κ2) is 7.20. The Morgan fingerprint density at radius 2 is 1.31 bits per heavy atom. The minimum absolute atomic E-state index is 0.111. The third-order valence-electron chi connectivity index (χ3n) is 0.677. The molecule has 0 aliphatic carbocycles. The van der Waals surface area contributed by atoms with Crippen LogP contribution in [0.5, 0.6) is 0 Å². The van der Waals surface area contributed by atoms with Gasteiger partial charge in [-0.2, -0.15) is 0 Å². The van der Waals surface area contributed by atoms with Crippen molar-refractivity contribution in [3.8, 4) is 0 Å². The fourth-order valence-electron chi connectivity index (χ4n) is 0.270. The van der Waals surface area contributed by atoms with Gasteiger partial charge in [0.2, 0.25) is 0 Å². The molecule has 13 heteroatoms. The fourth-order valence-corrected chi connectivity index (χ4v) is 0.676. The van der Waals surface area contributed by atoms with Gasteiger partial charge >= 0.3 is 15.6 Å². The smallest absolute Gasteiger partial charge is 0.380 e. The lowest BCUT2D eigenvalue weighted by atomic mass is 10.4. The summed E-state index contributed by atoms with van der Waals surface area (Å²) in [4.78, 5) is 47.3. The molecule has 0 aromatic heterocycles. The van der Waals surface area contributed by atoms with Crippen molar-refractivity contribution < 1.29 is 53.1 Å². The summed E-state index contributed by atoms with van der Waals surface area (Å²) < 4.78 is 22.4. The molecule has 0 aliphatic heterocycles. The molecule has 11 nitrogen and oxygen atoms in total. The number of aliphatic hydroxyl groups is 2. The summed E-state index contributed by atoms with van der Waals surface area (Å²) in [6.45, 7) is 0. The van der Waals surface area contributed by atoms with Crippen molar-refractivity contribution in [2.45, 2.75) is 12.4 Å². The van der Waals surface area contributed by atoms with Crippen molar-refractivity contribution in [3.63, 3.8) is 0 Å². The highest BCUT2D eigenvalue weighted by atomic mass is 31.2. The summed E-state index contributed by atoms with van der Waals surface area (Å²) in [5.41, 5.74) is 0. The van der Waals surface area contributed by atoms with E-state index < -0.39 is 28.0 Å². The highest BCUT2D eigenvalue weighted by Gasteiger charge is 2.25. The largest absolute Gasteiger partial charge is 0.472 e. The van der Waals surface area contributed by atoms with E-state index in [4.69, 9.17) is 39.2 Å². The van der Waals surface area contributed by atoms with E-state index in [1.807, 2.05) is 0 Å². The number of aliphatic hydroxyl groups excluding tert-OH is 2. The van der Waals surface area contributed by atoms with Crippen LogP contribution < -0.4 is 0 Å². The molecule has 7 N–H and O–H groups in total. The van der Waals surface area contributed by atoms with E-state index in [1.54, 1.807) is 0 Å². The molecule has 0 radical (unpaired) electrons. The lowest BCUT2D eigenvalue weighted by molar-refractivity contribution is -0.139. The van der Waals surface area contributed by atoms with Crippen LogP contribution >= 0.6 is 15.6 Å². The number of carbonyl (C=O) groups is 1. The van der Waals surface area contributed by atoms with Gasteiger partial charge in [-0.25, -0.2) is 9.13 Å². The van der Waals surface area contributed by atoms with E-state index >= 15 is 0 Å². The van der Waals surface area contributed by atoms with Crippen LogP contribution in [0, 0.1) is 0 Å². The molecule has 0 amide bonds. The molecule has 98 valence electrons. The second-order valence-electron chi connectivity index (χ2n) is 2.13. The van der Waals surface area contributed by atoms with Gasteiger partial charge in [0.15, 0.2) is 18.7 Å². The number of rotatable bonds is 4. The molecule has 0 heterocycles. The van der Waals surface area contributed by atoms with E-state index in [0.29, 0.717) is 0 Å². The molecule has 0 bridgehead atoms. The van der Waals surface area contributed by atoms with Gasteiger partial charge in [0.1, 0.15) is 0 Å². The zero-order chi connectivity index (χ0) is 13.6. The predicted molar refractivity (Wildman–Crippen MR) is 45.5 cm³/mol. The van der Waals surface area contributed by atoms with Crippen molar-refractivity contribution in [1.29, 1.82) is 0 Å². The van der Waals surface area contributed by atoms with Crippen LogP contribution in [0.4, 0.5) is 0 Å². The van der Waals surface area contributed by atoms with Gasteiger partial charge in [0.05, 0.1) is 0 Å². The Morgan fingerprint density at radius 3 is 1.50 bits per heavy atom. The van der Waals surface area contributed by atoms with Crippen molar-refractivity contribution in [2.75, 3.05) is 0 Å². The second-order valence-corrected chi connectivity index (χ2v) is 4.35. The van der Waals surface area contributed by atoms with Crippen LogP contribution in [0.25, 0.3) is 0 Å². The lowest BCUT2D eigenvalue weighted by Crippen LogP contribution is -2.28. The van der Waals surface area contributed by atoms with Crippen LogP contribution in [0.1, 0.15) is 0 Å². The lowest BCUT2D eigenvalue weighted by Gasteiger charge is -2.13. The molecule has 2 unspecified atom stereocenters. The first kappa shape index (κ1) is 18.2. The van der Waals surface area contributed by atoms with E-state index in [1.165, 1.54) is 0 Å². The zero-order valence-electron chi connectivity index (χ0n) is 7.39. The molecule has 0 fully saturated rings. The molecular weight excluding hydrogens is 274 g/mol. The minimum Gasteiger partial charge on any atom is -0.380 e. The Balaban J connectivity index is 0. The SMILES string of the molecule is O=CC(O)C(O)OP(=O)(O)O.O=P(O)(O)O. The Labute approximate surface area is 88.4 Å². The highest BCUT2D eigenvalue weighted by molar-refractivity contribution is 7.46. The number of phosphoric ester groups is 1. The van der Waals surface area contributed by atoms with Crippen LogP contribution in [-0.4, -0.2) is 53.4 Å². The minimum atomic E-state index is -4.86. The van der Waals surface area contributed by atoms with Crippen molar-refractivity contribution in [1.82, 2.24) is 0 Å². The normalized spacial score (nSPS) is 15.7. The monoisotopic (exact) mass is 284 g/mol. The van der Waals surface area contributed by atoms with Crippen LogP contribution in [0.3, 0.4) is 0 Å². The quantitative estimate of drug-likeness (QED) is 0.158. The molecule has 2 atom stereocenters. The first-order valence-electron chi connectivity index (χ1n) is 3.20. The fraction of sp³-hybridized carbons (Fsp3) is 0.667. The maximum absolute atomic E-state index is 9.95. The molecule has 0 aromatic rings. The topological polar surface area (TPSA) is 202 Å². The van der Waals surface area contributed by atoms with Gasteiger partial charge in [-0.1, -0.05) is 0 Å². The zero-order valence-corrected chi connectivity index (χ0v) is 9.18. The Kier molecular flexibility index (Phi) is 8.18. The molecular formula is C3H10O11P2. The predicted octanol–water partition coefficient (Wildman–Crippen LogP) is -2.95. The molecule has 0 spiro atoms. The van der Waals surface area contributed by atoms with E-state index in [2.05, 4.69) is 4.52 Å². The Morgan fingerprint density at radius 1 is 1.00 bits per heavy atom. The number of phosphoric acid groups is 2. The standard InChI is InChI=1S/C3H7O7P.H3O4P/c4-1-2(5)3(6)10-11(7,8)9;1-5(2,3)4/h1-3,5-6H,(H2,7,8,9);(H3,1,2,3,4). The molecule has 0 saturated carbocycles. The van der Waals surface area contributed by atoms with Gasteiger partial charge in [-0.05, 0) is 0 Å². The number of carbonyl (C=O) groups excluding carboxylic acids is 1. The first-order valence-corrected chi connectivity index (χ1v) is 6.30. The van der Waals surface area contributed by atoms with E-state index in [9.17, 15) is 9.36 Å². The number of hydrogen-bond acceptors (Lipinski definition) is 6. The average Bonchev–Trinajstić information content (AvgIpc) is 1.96. The summed E-state index contributed by atoms with van der Waals surface area (Å²) in [6.07, 6.45) is -4.27. The third kappa shape index (κ3) is 19.4. The van der Waals surface area contributed by atoms with Gasteiger partial charge < -0.3 is 39.5 Å². The van der Waals surface area contributed by atoms with Crippen molar-refractivity contribution in [3.05, 3.63) is 0 Å². The maximum Gasteiger partial charge on any atom is 0.472 e. The summed E-state index contributed by atoms with van der Waals surface area (Å²) in [7, 11) is -9.50. The van der Waals surface area contributed by atoms with Crippen LogP contribution in [0.15, 0.2) is 0 Å². The summed E-state index contributed by atoms with van der Waals surface area (Å²) in [6, 6.07) is 0. The first-order chi connectivity index (χ1) is 6.87. The van der Waals surface area contributed by atoms with E-state index in [-0.39, 0.29) is 6.29 Å². The van der Waals surface area contributed by atoms with Gasteiger partial charge in [0, 0.05) is 0 Å². The van der Waals surface area contributed by atoms with Crippen LogP contribution in [0.2, 0.25) is 0 Å². The van der Waals surface area contributed by atoms with Gasteiger partial charge in [0.25, 0.3) is 0 Å². The molecule has 0 aliphatic rings. The van der Waals surface area contributed by atoms with Crippen molar-refractivity contribution in [2.24, 2.45) is 0 Å². The highest BCUT2D eigenvalue weighted by Crippen LogP contribution is 2.37. The Bertz CT molecular complexity index is 279. The van der Waals surface area contributed by atoms with Gasteiger partial charge in [-0.3, -0.25) is 4.52 Å². The van der Waals surface area contributed by atoms with E-state index in [0.717, 1.165) is 0 Å².